The highest BCUT2D eigenvalue weighted by atomic mass is 16.5. The quantitative estimate of drug-likeness (QED) is 0.291. The number of hydrogen-bond donors (Lipinski definition) is 2. The van der Waals surface area contributed by atoms with Gasteiger partial charge in [-0.3, -0.25) is 15.3 Å². The number of benzene rings is 1. The van der Waals surface area contributed by atoms with Crippen LogP contribution in [0.4, 0.5) is 5.82 Å². The molecule has 0 atom stereocenters. The summed E-state index contributed by atoms with van der Waals surface area (Å²) in [5, 5.41) is 19.9. The molecule has 2 aromatic heterocycles. The van der Waals surface area contributed by atoms with Crippen molar-refractivity contribution in [2.75, 3.05) is 12.5 Å². The van der Waals surface area contributed by atoms with E-state index in [1.165, 1.54) is 7.11 Å². The molecule has 0 bridgehead atoms. The van der Waals surface area contributed by atoms with Gasteiger partial charge in [0.25, 0.3) is 11.7 Å². The van der Waals surface area contributed by atoms with E-state index in [9.17, 15) is 14.9 Å². The number of aromatic nitrogens is 3. The molecule has 3 aromatic rings. The predicted molar refractivity (Wildman–Crippen MR) is 104 cm³/mol. The van der Waals surface area contributed by atoms with Crippen LogP contribution in [0, 0.1) is 11.3 Å². The number of anilines is 1. The number of para-hydroxylation sites is 2. The van der Waals surface area contributed by atoms with Gasteiger partial charge >= 0.3 is 5.97 Å². The lowest BCUT2D eigenvalue weighted by Gasteiger charge is -2.17. The van der Waals surface area contributed by atoms with Gasteiger partial charge in [0.1, 0.15) is 17.1 Å². The molecule has 10 heteroatoms. The third-order valence-electron chi connectivity index (χ3n) is 3.99. The van der Waals surface area contributed by atoms with Crippen molar-refractivity contribution < 1.29 is 18.7 Å². The van der Waals surface area contributed by atoms with Crippen LogP contribution in [-0.4, -0.2) is 39.8 Å². The molecule has 0 fully saturated rings. The number of carbonyl (C=O) groups excluding carboxylic acids is 2. The maximum absolute atomic E-state index is 12.5. The molecule has 0 aliphatic heterocycles. The zero-order valence-corrected chi connectivity index (χ0v) is 16.2. The first kappa shape index (κ1) is 19.8. The van der Waals surface area contributed by atoms with Gasteiger partial charge in [0.2, 0.25) is 5.71 Å². The number of aromatic amines is 1. The van der Waals surface area contributed by atoms with E-state index >= 15 is 0 Å². The summed E-state index contributed by atoms with van der Waals surface area (Å²) in [4.78, 5) is 28.8. The Morgan fingerprint density at radius 2 is 2.03 bits per heavy atom. The van der Waals surface area contributed by atoms with Gasteiger partial charge in [-0.1, -0.05) is 32.9 Å². The fraction of sp³-hybridized carbons (Fsp3) is 0.263. The Bertz CT molecular complexity index is 1130. The smallest absolute Gasteiger partial charge is 0.343 e. The van der Waals surface area contributed by atoms with Crippen molar-refractivity contribution in [3.63, 3.8) is 0 Å². The summed E-state index contributed by atoms with van der Waals surface area (Å²) >= 11 is 0. The number of H-pyrrole nitrogens is 1. The number of hydrazone groups is 1. The van der Waals surface area contributed by atoms with Crippen molar-refractivity contribution in [1.29, 1.82) is 5.26 Å². The monoisotopic (exact) mass is 394 g/mol. The number of esters is 1. The Hall–Kier alpha value is -4.00. The molecule has 1 aromatic carbocycles. The van der Waals surface area contributed by atoms with E-state index in [0.717, 1.165) is 0 Å². The zero-order chi connectivity index (χ0) is 21.2. The first-order valence-electron chi connectivity index (χ1n) is 8.57. The zero-order valence-electron chi connectivity index (χ0n) is 16.2. The van der Waals surface area contributed by atoms with Crippen LogP contribution in [0.5, 0.6) is 0 Å². The number of carbonyl (C=O) groups is 2. The standard InChI is InChI=1S/C19H18N6O4/c1-19(2,3)15-13(18(27)28-4)16(25-23-15)24-22-11(9-20)14(26)17-21-10-7-5-6-8-12(10)29-17/h5-8H,1-4H3,(H2,23,24,25). The van der Waals surface area contributed by atoms with Gasteiger partial charge in [-0.05, 0) is 12.1 Å². The predicted octanol–water partition coefficient (Wildman–Crippen LogP) is 2.81. The van der Waals surface area contributed by atoms with Gasteiger partial charge in [0.05, 0.1) is 12.8 Å². The Morgan fingerprint density at radius 3 is 2.66 bits per heavy atom. The number of nitrogens with one attached hydrogen (secondary N) is 2. The molecular weight excluding hydrogens is 376 g/mol. The summed E-state index contributed by atoms with van der Waals surface area (Å²) in [7, 11) is 1.24. The molecule has 0 saturated heterocycles. The van der Waals surface area contributed by atoms with Crippen LogP contribution in [0.25, 0.3) is 11.1 Å². The fourth-order valence-electron chi connectivity index (χ4n) is 2.57. The average molecular weight is 394 g/mol. The molecule has 29 heavy (non-hydrogen) atoms. The number of methoxy groups -OCH3 is 1. The summed E-state index contributed by atoms with van der Waals surface area (Å²) in [5.41, 5.74) is 3.09. The van der Waals surface area contributed by atoms with Gasteiger partial charge in [-0.2, -0.15) is 15.5 Å². The van der Waals surface area contributed by atoms with E-state index in [-0.39, 0.29) is 17.3 Å². The number of fused-ring (bicyclic) bond motifs is 1. The highest BCUT2D eigenvalue weighted by Gasteiger charge is 2.29. The average Bonchev–Trinajstić information content (AvgIpc) is 3.31. The topological polar surface area (TPSA) is 146 Å². The molecule has 0 aliphatic rings. The maximum atomic E-state index is 12.5. The summed E-state index contributed by atoms with van der Waals surface area (Å²) in [6.07, 6.45) is 0. The van der Waals surface area contributed by atoms with E-state index in [1.54, 1.807) is 30.3 Å². The van der Waals surface area contributed by atoms with Crippen LogP contribution in [0.3, 0.4) is 0 Å². The van der Waals surface area contributed by atoms with Crippen LogP contribution in [0.15, 0.2) is 33.8 Å². The Balaban J connectivity index is 1.93. The number of ketones is 1. The largest absolute Gasteiger partial charge is 0.465 e. The summed E-state index contributed by atoms with van der Waals surface area (Å²) < 4.78 is 10.2. The second kappa shape index (κ2) is 7.55. The van der Waals surface area contributed by atoms with Crippen molar-refractivity contribution in [3.05, 3.63) is 41.4 Å². The molecule has 0 saturated carbocycles. The summed E-state index contributed by atoms with van der Waals surface area (Å²) in [6.45, 7) is 5.66. The normalized spacial score (nSPS) is 11.9. The maximum Gasteiger partial charge on any atom is 0.343 e. The van der Waals surface area contributed by atoms with Crippen molar-refractivity contribution in [3.8, 4) is 6.07 Å². The Labute approximate surface area is 165 Å². The molecule has 2 heterocycles. The second-order valence-electron chi connectivity index (χ2n) is 7.06. The van der Waals surface area contributed by atoms with Gasteiger partial charge < -0.3 is 9.15 Å². The highest BCUT2D eigenvalue weighted by Crippen LogP contribution is 2.29. The van der Waals surface area contributed by atoms with Crippen molar-refractivity contribution in [2.45, 2.75) is 26.2 Å². The number of ether oxygens (including phenoxy) is 1. The van der Waals surface area contributed by atoms with Gasteiger partial charge in [0, 0.05) is 5.41 Å². The highest BCUT2D eigenvalue weighted by molar-refractivity contribution is 6.50. The van der Waals surface area contributed by atoms with E-state index in [2.05, 4.69) is 25.7 Å². The first-order valence-corrected chi connectivity index (χ1v) is 8.57. The number of Topliss-reactive ketones (excluding diaryl/α,β-unsaturated/α-hetero) is 1. The molecule has 3 rings (SSSR count). The van der Waals surface area contributed by atoms with Crippen LogP contribution in [0.1, 0.15) is 47.5 Å². The SMILES string of the molecule is COC(=O)c1c(NN=C(C#N)C(=O)c2nc3ccccc3o2)n[nH]c1C(C)(C)C. The summed E-state index contributed by atoms with van der Waals surface area (Å²) in [6, 6.07) is 8.52. The van der Waals surface area contributed by atoms with E-state index in [4.69, 9.17) is 9.15 Å². The second-order valence-corrected chi connectivity index (χ2v) is 7.06. The molecule has 0 unspecified atom stereocenters. The fourth-order valence-corrected chi connectivity index (χ4v) is 2.57. The molecule has 10 nitrogen and oxygen atoms in total. The lowest BCUT2D eigenvalue weighted by Crippen LogP contribution is -2.18. The minimum Gasteiger partial charge on any atom is -0.465 e. The number of nitrogens with zero attached hydrogens (tertiary/aromatic N) is 4. The Morgan fingerprint density at radius 1 is 1.31 bits per heavy atom. The molecule has 0 amide bonds. The van der Waals surface area contributed by atoms with Crippen molar-refractivity contribution in [1.82, 2.24) is 15.2 Å². The van der Waals surface area contributed by atoms with Gasteiger partial charge in [0.15, 0.2) is 11.4 Å². The van der Waals surface area contributed by atoms with Gasteiger partial charge in [-0.15, -0.1) is 0 Å². The minimum atomic E-state index is -0.803. The molecule has 0 radical (unpaired) electrons. The molecular formula is C19H18N6O4. The van der Waals surface area contributed by atoms with Crippen molar-refractivity contribution in [2.24, 2.45) is 5.10 Å². The minimum absolute atomic E-state index is 0.0277. The van der Waals surface area contributed by atoms with E-state index in [1.807, 2.05) is 20.8 Å². The first-order chi connectivity index (χ1) is 13.8. The van der Waals surface area contributed by atoms with Crippen LogP contribution in [-0.2, 0) is 10.2 Å². The summed E-state index contributed by atoms with van der Waals surface area (Å²) in [5.74, 6) is -1.67. The number of rotatable bonds is 5. The lowest BCUT2D eigenvalue weighted by atomic mass is 9.89. The molecule has 0 spiro atoms. The van der Waals surface area contributed by atoms with E-state index < -0.39 is 22.9 Å². The van der Waals surface area contributed by atoms with Crippen LogP contribution < -0.4 is 5.43 Å². The third kappa shape index (κ3) is 3.84. The van der Waals surface area contributed by atoms with Crippen LogP contribution >= 0.6 is 0 Å². The molecule has 2 N–H and O–H groups in total. The van der Waals surface area contributed by atoms with Crippen LogP contribution in [0.2, 0.25) is 0 Å². The third-order valence-corrected chi connectivity index (χ3v) is 3.99. The Kier molecular flexibility index (Phi) is 5.14. The number of nitriles is 1. The molecule has 0 aliphatic carbocycles. The van der Waals surface area contributed by atoms with E-state index in [0.29, 0.717) is 16.8 Å². The van der Waals surface area contributed by atoms with Crippen molar-refractivity contribution >= 4 is 34.4 Å². The lowest BCUT2D eigenvalue weighted by molar-refractivity contribution is 0.0599. The molecule has 148 valence electrons. The number of oxazole rings is 1. The number of hydrogen-bond acceptors (Lipinski definition) is 9. The van der Waals surface area contributed by atoms with Gasteiger partial charge in [-0.25, -0.2) is 9.78 Å².